The predicted molar refractivity (Wildman–Crippen MR) is 134 cm³/mol. The second-order valence-corrected chi connectivity index (χ2v) is 11.2. The van der Waals surface area contributed by atoms with Gasteiger partial charge in [0.15, 0.2) is 0 Å². The molecule has 34 heavy (non-hydrogen) atoms. The molecule has 6 rings (SSSR count). The molecule has 4 aliphatic rings. The number of nitrogens with zero attached hydrogens (tertiary/aromatic N) is 3. The van der Waals surface area contributed by atoms with Gasteiger partial charge in [-0.15, -0.1) is 0 Å². The molecule has 3 heterocycles. The van der Waals surface area contributed by atoms with Gasteiger partial charge in [-0.05, 0) is 112 Å². The molecular weight excluding hydrogens is 422 g/mol. The molecule has 2 bridgehead atoms. The van der Waals surface area contributed by atoms with Crippen LogP contribution in [0.25, 0.3) is 0 Å². The van der Waals surface area contributed by atoms with E-state index in [0.717, 1.165) is 76.4 Å². The van der Waals surface area contributed by atoms with Crippen molar-refractivity contribution in [3.05, 3.63) is 59.4 Å². The van der Waals surface area contributed by atoms with Crippen LogP contribution in [0.5, 0.6) is 5.75 Å². The number of fused-ring (bicyclic) bond motifs is 1. The van der Waals surface area contributed by atoms with Gasteiger partial charge in [0.1, 0.15) is 5.75 Å². The summed E-state index contributed by atoms with van der Waals surface area (Å²) in [5.74, 6) is 1.77. The highest BCUT2D eigenvalue weighted by Gasteiger charge is 2.63. The third kappa shape index (κ3) is 3.86. The van der Waals surface area contributed by atoms with E-state index in [9.17, 15) is 5.11 Å². The van der Waals surface area contributed by atoms with Crippen molar-refractivity contribution in [3.63, 3.8) is 0 Å². The van der Waals surface area contributed by atoms with Crippen molar-refractivity contribution in [1.82, 2.24) is 14.8 Å². The van der Waals surface area contributed by atoms with Crippen molar-refractivity contribution in [2.24, 2.45) is 5.92 Å². The zero-order chi connectivity index (χ0) is 23.2. The van der Waals surface area contributed by atoms with E-state index in [0.29, 0.717) is 0 Å². The second kappa shape index (κ2) is 8.92. The van der Waals surface area contributed by atoms with E-state index in [-0.39, 0.29) is 11.5 Å². The molecule has 5 nitrogen and oxygen atoms in total. The van der Waals surface area contributed by atoms with Crippen molar-refractivity contribution in [3.8, 4) is 5.75 Å². The predicted octanol–water partition coefficient (Wildman–Crippen LogP) is 3.83. The molecule has 1 aromatic heterocycles. The van der Waals surface area contributed by atoms with E-state index in [1.807, 2.05) is 12.3 Å². The highest BCUT2D eigenvalue weighted by atomic mass is 16.5. The standard InChI is InChI=1S/C29H39N3O2/c1-34-25-10-9-23-19-27-29(33)13-17-31(15-4-6-24-5-2-3-14-30-24)16-11-28(29,26(23)20-25)12-18-32(27)21-22-7-8-22/h2-3,5,9-10,14,20,22,27,33H,4,6-8,11-13,15-19,21H2,1H3/t27-,28+,29-/m1/s1. The van der Waals surface area contributed by atoms with Crippen LogP contribution < -0.4 is 4.74 Å². The molecule has 182 valence electrons. The minimum absolute atomic E-state index is 0.171. The zero-order valence-electron chi connectivity index (χ0n) is 20.6. The first kappa shape index (κ1) is 22.5. The summed E-state index contributed by atoms with van der Waals surface area (Å²) in [6.07, 6.45) is 10.7. The van der Waals surface area contributed by atoms with Crippen LogP contribution in [0.4, 0.5) is 0 Å². The van der Waals surface area contributed by atoms with Crippen molar-refractivity contribution in [2.75, 3.05) is 39.8 Å². The molecule has 0 unspecified atom stereocenters. The van der Waals surface area contributed by atoms with Crippen LogP contribution in [-0.4, -0.2) is 71.4 Å². The van der Waals surface area contributed by atoms with Crippen LogP contribution in [0.15, 0.2) is 42.6 Å². The summed E-state index contributed by atoms with van der Waals surface area (Å²) >= 11 is 0. The minimum atomic E-state index is -0.671. The van der Waals surface area contributed by atoms with Crippen LogP contribution >= 0.6 is 0 Å². The maximum atomic E-state index is 12.7. The van der Waals surface area contributed by atoms with Crippen LogP contribution in [0.3, 0.4) is 0 Å². The molecule has 1 saturated carbocycles. The number of hydrogen-bond donors (Lipinski definition) is 1. The molecule has 0 spiro atoms. The highest BCUT2D eigenvalue weighted by molar-refractivity contribution is 5.48. The van der Waals surface area contributed by atoms with E-state index in [2.05, 4.69) is 45.1 Å². The first-order valence-corrected chi connectivity index (χ1v) is 13.4. The fourth-order valence-electron chi connectivity index (χ4n) is 7.28. The lowest BCUT2D eigenvalue weighted by Gasteiger charge is -2.61. The number of aromatic nitrogens is 1. The summed E-state index contributed by atoms with van der Waals surface area (Å²) in [6.45, 7) is 5.39. The number of piperidine rings is 1. The Balaban J connectivity index is 1.27. The van der Waals surface area contributed by atoms with Crippen LogP contribution in [-0.2, 0) is 18.3 Å². The van der Waals surface area contributed by atoms with Gasteiger partial charge < -0.3 is 14.7 Å². The number of hydrogen-bond acceptors (Lipinski definition) is 5. The number of ether oxygens (including phenoxy) is 1. The summed E-state index contributed by atoms with van der Waals surface area (Å²) in [7, 11) is 1.76. The monoisotopic (exact) mass is 461 g/mol. The number of pyridine rings is 1. The van der Waals surface area contributed by atoms with E-state index >= 15 is 0 Å². The van der Waals surface area contributed by atoms with E-state index in [1.54, 1.807) is 7.11 Å². The molecule has 0 radical (unpaired) electrons. The Morgan fingerprint density at radius 2 is 1.94 bits per heavy atom. The minimum Gasteiger partial charge on any atom is -0.497 e. The van der Waals surface area contributed by atoms with Gasteiger partial charge >= 0.3 is 0 Å². The van der Waals surface area contributed by atoms with Gasteiger partial charge in [0.25, 0.3) is 0 Å². The Labute approximate surface area is 204 Å². The average molecular weight is 462 g/mol. The summed E-state index contributed by atoms with van der Waals surface area (Å²) in [5.41, 5.74) is 3.13. The molecule has 2 aromatic rings. The lowest BCUT2D eigenvalue weighted by Crippen LogP contribution is -2.71. The van der Waals surface area contributed by atoms with Gasteiger partial charge in [-0.3, -0.25) is 9.88 Å². The van der Waals surface area contributed by atoms with Gasteiger partial charge in [0, 0.05) is 36.4 Å². The molecule has 1 N–H and O–H groups in total. The number of rotatable bonds is 7. The molecule has 3 atom stereocenters. The van der Waals surface area contributed by atoms with Gasteiger partial charge in [-0.2, -0.15) is 0 Å². The van der Waals surface area contributed by atoms with Crippen molar-refractivity contribution in [1.29, 1.82) is 0 Å². The topological polar surface area (TPSA) is 48.8 Å². The maximum absolute atomic E-state index is 12.7. The zero-order valence-corrected chi connectivity index (χ0v) is 20.6. The number of benzene rings is 1. The van der Waals surface area contributed by atoms with Gasteiger partial charge in [0.2, 0.25) is 0 Å². The highest BCUT2D eigenvalue weighted by Crippen LogP contribution is 2.56. The third-order valence-corrected chi connectivity index (χ3v) is 9.38. The normalized spacial score (nSPS) is 31.4. The Morgan fingerprint density at radius 1 is 1.09 bits per heavy atom. The van der Waals surface area contributed by atoms with Gasteiger partial charge in [0.05, 0.1) is 12.7 Å². The first-order valence-electron chi connectivity index (χ1n) is 13.4. The van der Waals surface area contributed by atoms with Crippen molar-refractivity contribution in [2.45, 2.75) is 68.4 Å². The Hall–Kier alpha value is -1.95. The fraction of sp³-hybridized carbons (Fsp3) is 0.621. The van der Waals surface area contributed by atoms with Crippen LogP contribution in [0.1, 0.15) is 55.3 Å². The SMILES string of the molecule is COc1ccc2c(c1)[C@@]13CCN(CCCc4ccccn4)CC[C@@]1(O)[C@@H](C2)N(CC1CC1)CC3. The van der Waals surface area contributed by atoms with Crippen molar-refractivity contribution >= 4 is 0 Å². The van der Waals surface area contributed by atoms with E-state index < -0.39 is 5.60 Å². The van der Waals surface area contributed by atoms with E-state index in [1.165, 1.54) is 36.2 Å². The Bertz CT molecular complexity index is 1010. The summed E-state index contributed by atoms with van der Waals surface area (Å²) in [6, 6.07) is 13.1. The van der Waals surface area contributed by atoms with Crippen molar-refractivity contribution < 1.29 is 9.84 Å². The number of methoxy groups -OCH3 is 1. The quantitative estimate of drug-likeness (QED) is 0.679. The average Bonchev–Trinajstić information content (AvgIpc) is 3.69. The Morgan fingerprint density at radius 3 is 2.74 bits per heavy atom. The molecule has 3 fully saturated rings. The second-order valence-electron chi connectivity index (χ2n) is 11.2. The molecule has 2 saturated heterocycles. The Kier molecular flexibility index (Phi) is 5.91. The number of aryl methyl sites for hydroxylation is 1. The fourth-order valence-corrected chi connectivity index (χ4v) is 7.28. The molecular formula is C29H39N3O2. The number of likely N-dealkylation sites (tertiary alicyclic amines) is 2. The van der Waals surface area contributed by atoms with Crippen LogP contribution in [0, 0.1) is 5.92 Å². The lowest BCUT2D eigenvalue weighted by molar-refractivity contribution is -0.149. The van der Waals surface area contributed by atoms with Gasteiger partial charge in [-0.1, -0.05) is 12.1 Å². The smallest absolute Gasteiger partial charge is 0.119 e. The summed E-state index contributed by atoms with van der Waals surface area (Å²) in [5, 5.41) is 12.7. The number of aliphatic hydroxyl groups is 1. The lowest BCUT2D eigenvalue weighted by atomic mass is 9.52. The molecule has 2 aliphatic heterocycles. The summed E-state index contributed by atoms with van der Waals surface area (Å²) < 4.78 is 5.65. The van der Waals surface area contributed by atoms with Crippen LogP contribution in [0.2, 0.25) is 0 Å². The molecule has 2 aliphatic carbocycles. The summed E-state index contributed by atoms with van der Waals surface area (Å²) in [4.78, 5) is 9.77. The molecule has 5 heteroatoms. The maximum Gasteiger partial charge on any atom is 0.119 e. The van der Waals surface area contributed by atoms with Gasteiger partial charge in [-0.25, -0.2) is 0 Å². The molecule has 1 aromatic carbocycles. The first-order chi connectivity index (χ1) is 16.6. The third-order valence-electron chi connectivity index (χ3n) is 9.38. The largest absolute Gasteiger partial charge is 0.497 e. The molecule has 0 amide bonds. The van der Waals surface area contributed by atoms with E-state index in [4.69, 9.17) is 4.74 Å².